The summed E-state index contributed by atoms with van der Waals surface area (Å²) < 4.78 is 34.6. The van der Waals surface area contributed by atoms with E-state index in [0.29, 0.717) is 23.1 Å². The van der Waals surface area contributed by atoms with Crippen LogP contribution >= 0.6 is 24.0 Å². The SMILES string of the molecule is Cl.O=S(=O)(c1ccc(Cl)cc1)N(Cc1ccccc1OCc1ccncc1)c1ccccc1. The zero-order chi connectivity index (χ0) is 22.4. The third kappa shape index (κ3) is 6.05. The van der Waals surface area contributed by atoms with Gasteiger partial charge < -0.3 is 4.74 Å². The Kier molecular flexibility index (Phi) is 8.33. The maximum atomic E-state index is 13.6. The number of hydrogen-bond donors (Lipinski definition) is 0. The Morgan fingerprint density at radius 2 is 1.45 bits per heavy atom. The first-order valence-electron chi connectivity index (χ1n) is 9.97. The van der Waals surface area contributed by atoms with Crippen LogP contribution in [0.1, 0.15) is 11.1 Å². The summed E-state index contributed by atoms with van der Waals surface area (Å²) in [4.78, 5) is 4.18. The predicted octanol–water partition coefficient (Wildman–Crippen LogP) is 6.13. The van der Waals surface area contributed by atoms with Crippen LogP contribution < -0.4 is 9.04 Å². The molecule has 0 spiro atoms. The molecule has 0 unspecified atom stereocenters. The molecule has 5 nitrogen and oxygen atoms in total. The van der Waals surface area contributed by atoms with Crippen LogP contribution in [-0.4, -0.2) is 13.4 Å². The molecule has 4 rings (SSSR count). The van der Waals surface area contributed by atoms with E-state index in [9.17, 15) is 8.42 Å². The number of pyridine rings is 1. The molecule has 170 valence electrons. The number of ether oxygens (including phenoxy) is 1. The molecular formula is C25H22Cl2N2O3S. The third-order valence-corrected chi connectivity index (χ3v) is 6.92. The average Bonchev–Trinajstić information content (AvgIpc) is 2.83. The van der Waals surface area contributed by atoms with Gasteiger partial charge in [0.1, 0.15) is 12.4 Å². The van der Waals surface area contributed by atoms with Crippen molar-refractivity contribution < 1.29 is 13.2 Å². The van der Waals surface area contributed by atoms with E-state index in [1.54, 1.807) is 36.7 Å². The average molecular weight is 501 g/mol. The molecule has 0 saturated carbocycles. The van der Waals surface area contributed by atoms with E-state index in [2.05, 4.69) is 4.98 Å². The summed E-state index contributed by atoms with van der Waals surface area (Å²) in [6.07, 6.45) is 3.42. The molecular weight excluding hydrogens is 479 g/mol. The summed E-state index contributed by atoms with van der Waals surface area (Å²) in [5.41, 5.74) is 2.29. The molecule has 1 heterocycles. The standard InChI is InChI=1S/C25H21ClN2O3S.ClH/c26-22-10-12-24(13-11-22)32(29,30)28(23-7-2-1-3-8-23)18-21-6-4-5-9-25(21)31-19-20-14-16-27-17-15-20;/h1-17H,18-19H2;1H. The number of anilines is 1. The molecule has 0 bridgehead atoms. The minimum atomic E-state index is -3.84. The maximum absolute atomic E-state index is 13.6. The molecule has 0 N–H and O–H groups in total. The summed E-state index contributed by atoms with van der Waals surface area (Å²) in [6, 6.07) is 26.4. The van der Waals surface area contributed by atoms with Crippen LogP contribution in [0.25, 0.3) is 0 Å². The molecule has 33 heavy (non-hydrogen) atoms. The van der Waals surface area contributed by atoms with Crippen LogP contribution in [-0.2, 0) is 23.2 Å². The fraction of sp³-hybridized carbons (Fsp3) is 0.0800. The van der Waals surface area contributed by atoms with Crippen molar-refractivity contribution in [3.63, 3.8) is 0 Å². The monoisotopic (exact) mass is 500 g/mol. The highest BCUT2D eigenvalue weighted by Crippen LogP contribution is 2.29. The summed E-state index contributed by atoms with van der Waals surface area (Å²) in [6.45, 7) is 0.469. The lowest BCUT2D eigenvalue weighted by Crippen LogP contribution is -2.30. The van der Waals surface area contributed by atoms with Crippen molar-refractivity contribution >= 4 is 39.7 Å². The van der Waals surface area contributed by atoms with E-state index < -0.39 is 10.0 Å². The van der Waals surface area contributed by atoms with Crippen LogP contribution in [0.2, 0.25) is 5.02 Å². The zero-order valence-electron chi connectivity index (χ0n) is 17.5. The molecule has 0 aliphatic heterocycles. The first-order chi connectivity index (χ1) is 15.5. The van der Waals surface area contributed by atoms with Gasteiger partial charge in [0.2, 0.25) is 0 Å². The lowest BCUT2D eigenvalue weighted by molar-refractivity contribution is 0.303. The van der Waals surface area contributed by atoms with E-state index in [1.165, 1.54) is 16.4 Å². The van der Waals surface area contributed by atoms with Crippen LogP contribution in [0.4, 0.5) is 5.69 Å². The van der Waals surface area contributed by atoms with Crippen molar-refractivity contribution in [3.05, 3.63) is 120 Å². The van der Waals surface area contributed by atoms with Crippen molar-refractivity contribution in [1.29, 1.82) is 0 Å². The molecule has 0 atom stereocenters. The number of nitrogens with zero attached hydrogens (tertiary/aromatic N) is 2. The van der Waals surface area contributed by atoms with Gasteiger partial charge in [0.15, 0.2) is 0 Å². The first-order valence-corrected chi connectivity index (χ1v) is 11.8. The van der Waals surface area contributed by atoms with Crippen LogP contribution in [0.5, 0.6) is 5.75 Å². The van der Waals surface area contributed by atoms with E-state index in [4.69, 9.17) is 16.3 Å². The predicted molar refractivity (Wildman–Crippen MR) is 134 cm³/mol. The summed E-state index contributed by atoms with van der Waals surface area (Å²) in [7, 11) is -3.84. The Morgan fingerprint density at radius 1 is 0.818 bits per heavy atom. The highest BCUT2D eigenvalue weighted by molar-refractivity contribution is 7.92. The second-order valence-electron chi connectivity index (χ2n) is 7.05. The van der Waals surface area contributed by atoms with Gasteiger partial charge in [0, 0.05) is 23.0 Å². The lowest BCUT2D eigenvalue weighted by Gasteiger charge is -2.25. The second kappa shape index (κ2) is 11.2. The van der Waals surface area contributed by atoms with Gasteiger partial charge in [0.25, 0.3) is 10.0 Å². The number of aromatic nitrogens is 1. The molecule has 0 aliphatic carbocycles. The maximum Gasteiger partial charge on any atom is 0.264 e. The van der Waals surface area contributed by atoms with Crippen molar-refractivity contribution in [2.75, 3.05) is 4.31 Å². The van der Waals surface area contributed by atoms with E-state index in [1.807, 2.05) is 54.6 Å². The number of halogens is 2. The topological polar surface area (TPSA) is 59.5 Å². The van der Waals surface area contributed by atoms with Crippen molar-refractivity contribution in [2.24, 2.45) is 0 Å². The van der Waals surface area contributed by atoms with Crippen molar-refractivity contribution in [2.45, 2.75) is 18.0 Å². The first kappa shape index (κ1) is 24.6. The minimum Gasteiger partial charge on any atom is -0.489 e. The largest absolute Gasteiger partial charge is 0.489 e. The fourth-order valence-corrected chi connectivity index (χ4v) is 4.78. The van der Waals surface area contributed by atoms with Gasteiger partial charge in [-0.05, 0) is 60.2 Å². The number of hydrogen-bond acceptors (Lipinski definition) is 4. The quantitative estimate of drug-likeness (QED) is 0.291. The van der Waals surface area contributed by atoms with Gasteiger partial charge in [-0.1, -0.05) is 48.0 Å². The van der Waals surface area contributed by atoms with E-state index in [-0.39, 0.29) is 23.8 Å². The van der Waals surface area contributed by atoms with Gasteiger partial charge in [-0.15, -0.1) is 12.4 Å². The molecule has 0 aliphatic rings. The van der Waals surface area contributed by atoms with Gasteiger partial charge in [-0.2, -0.15) is 0 Å². The molecule has 0 radical (unpaired) electrons. The summed E-state index contributed by atoms with van der Waals surface area (Å²) in [5.74, 6) is 0.622. The van der Waals surface area contributed by atoms with Gasteiger partial charge in [-0.3, -0.25) is 9.29 Å². The Balaban J connectivity index is 0.00000306. The van der Waals surface area contributed by atoms with Crippen molar-refractivity contribution in [1.82, 2.24) is 4.98 Å². The third-order valence-electron chi connectivity index (χ3n) is 4.88. The summed E-state index contributed by atoms with van der Waals surface area (Å²) >= 11 is 5.97. The molecule has 4 aromatic rings. The molecule has 1 aromatic heterocycles. The zero-order valence-corrected chi connectivity index (χ0v) is 19.9. The highest BCUT2D eigenvalue weighted by atomic mass is 35.5. The van der Waals surface area contributed by atoms with Gasteiger partial charge in [-0.25, -0.2) is 8.42 Å². The number of rotatable bonds is 8. The van der Waals surface area contributed by atoms with Crippen LogP contribution in [0.15, 0.2) is 108 Å². The molecule has 0 saturated heterocycles. The molecule has 0 fully saturated rings. The highest BCUT2D eigenvalue weighted by Gasteiger charge is 2.26. The Bertz CT molecular complexity index is 1270. The van der Waals surface area contributed by atoms with Crippen molar-refractivity contribution in [3.8, 4) is 5.75 Å². The Hall–Kier alpha value is -3.06. The van der Waals surface area contributed by atoms with E-state index in [0.717, 1.165) is 11.1 Å². The number of benzene rings is 3. The van der Waals surface area contributed by atoms with Crippen LogP contribution in [0.3, 0.4) is 0 Å². The lowest BCUT2D eigenvalue weighted by atomic mass is 10.2. The van der Waals surface area contributed by atoms with Gasteiger partial charge in [0.05, 0.1) is 17.1 Å². The van der Waals surface area contributed by atoms with Crippen LogP contribution in [0, 0.1) is 0 Å². The Labute approximate surface area is 205 Å². The molecule has 8 heteroatoms. The number of para-hydroxylation sites is 2. The fourth-order valence-electron chi connectivity index (χ4n) is 3.21. The Morgan fingerprint density at radius 3 is 2.15 bits per heavy atom. The molecule has 0 amide bonds. The smallest absolute Gasteiger partial charge is 0.264 e. The molecule has 3 aromatic carbocycles. The summed E-state index contributed by atoms with van der Waals surface area (Å²) in [5, 5.41) is 0.477. The minimum absolute atomic E-state index is 0. The number of sulfonamides is 1. The normalized spacial score (nSPS) is 10.8. The van der Waals surface area contributed by atoms with E-state index >= 15 is 0 Å². The second-order valence-corrected chi connectivity index (χ2v) is 9.35. The van der Waals surface area contributed by atoms with Gasteiger partial charge >= 0.3 is 0 Å².